The van der Waals surface area contributed by atoms with Crippen LogP contribution in [0.2, 0.25) is 0 Å². The molecular weight excluding hydrogens is 328 g/mol. The Morgan fingerprint density at radius 2 is 1.90 bits per heavy atom. The van der Waals surface area contributed by atoms with Crippen molar-refractivity contribution in [2.45, 2.75) is 6.61 Å². The van der Waals surface area contributed by atoms with E-state index in [1.54, 1.807) is 0 Å². The maximum absolute atomic E-state index is 5.89. The molecule has 3 nitrogen and oxygen atoms in total. The summed E-state index contributed by atoms with van der Waals surface area (Å²) in [6.07, 6.45) is 0. The van der Waals surface area contributed by atoms with Crippen LogP contribution < -0.4 is 10.1 Å². The third kappa shape index (κ3) is 3.00. The summed E-state index contributed by atoms with van der Waals surface area (Å²) in [7, 11) is 1.85. The Labute approximate surface area is 132 Å². The molecule has 0 aliphatic heterocycles. The number of ether oxygens (including phenoxy) is 1. The summed E-state index contributed by atoms with van der Waals surface area (Å²) < 4.78 is 6.87. The van der Waals surface area contributed by atoms with Crippen molar-refractivity contribution in [3.05, 3.63) is 64.8 Å². The number of pyridine rings is 1. The predicted molar refractivity (Wildman–Crippen MR) is 89.8 cm³/mol. The molecule has 2 aromatic carbocycles. The molecule has 21 heavy (non-hydrogen) atoms. The normalized spacial score (nSPS) is 10.6. The summed E-state index contributed by atoms with van der Waals surface area (Å²) in [5, 5.41) is 5.36. The van der Waals surface area contributed by atoms with Gasteiger partial charge in [-0.05, 0) is 44.9 Å². The van der Waals surface area contributed by atoms with Gasteiger partial charge < -0.3 is 10.1 Å². The second-order valence-corrected chi connectivity index (χ2v) is 5.44. The molecule has 1 N–H and O–H groups in total. The quantitative estimate of drug-likeness (QED) is 0.751. The zero-order chi connectivity index (χ0) is 14.7. The van der Waals surface area contributed by atoms with E-state index in [4.69, 9.17) is 4.74 Å². The first-order valence-corrected chi connectivity index (χ1v) is 7.51. The SMILES string of the molecule is CNc1cccc(COc2ccc3ccccc3c2Br)n1. The van der Waals surface area contributed by atoms with Crippen molar-refractivity contribution >= 4 is 32.5 Å². The Kier molecular flexibility index (Phi) is 4.06. The first-order chi connectivity index (χ1) is 10.3. The molecule has 0 spiro atoms. The lowest BCUT2D eigenvalue weighted by molar-refractivity contribution is 0.300. The molecule has 0 aliphatic rings. The molecule has 0 saturated carbocycles. The van der Waals surface area contributed by atoms with Gasteiger partial charge in [0.05, 0.1) is 10.2 Å². The van der Waals surface area contributed by atoms with E-state index < -0.39 is 0 Å². The van der Waals surface area contributed by atoms with Gasteiger partial charge in [-0.2, -0.15) is 0 Å². The van der Waals surface area contributed by atoms with Gasteiger partial charge in [-0.3, -0.25) is 0 Å². The van der Waals surface area contributed by atoms with E-state index in [0.29, 0.717) is 6.61 Å². The molecular formula is C17H15BrN2O. The summed E-state index contributed by atoms with van der Waals surface area (Å²) in [5.41, 5.74) is 0.891. The maximum Gasteiger partial charge on any atom is 0.134 e. The van der Waals surface area contributed by atoms with Crippen LogP contribution >= 0.6 is 15.9 Å². The summed E-state index contributed by atoms with van der Waals surface area (Å²) in [6, 6.07) is 18.1. The standard InChI is InChI=1S/C17H15BrN2O/c1-19-16-8-4-6-13(20-16)11-21-15-10-9-12-5-2-3-7-14(12)17(15)18/h2-10H,11H2,1H3,(H,19,20). The van der Waals surface area contributed by atoms with Crippen LogP contribution in [-0.2, 0) is 6.61 Å². The minimum absolute atomic E-state index is 0.437. The van der Waals surface area contributed by atoms with Crippen LogP contribution in [0.3, 0.4) is 0 Å². The predicted octanol–water partition coefficient (Wildman–Crippen LogP) is 4.62. The van der Waals surface area contributed by atoms with E-state index in [2.05, 4.69) is 44.4 Å². The van der Waals surface area contributed by atoms with Gasteiger partial charge in [0, 0.05) is 7.05 Å². The molecule has 0 atom stereocenters. The van der Waals surface area contributed by atoms with Crippen LogP contribution in [-0.4, -0.2) is 12.0 Å². The smallest absolute Gasteiger partial charge is 0.134 e. The molecule has 3 aromatic rings. The molecule has 1 aromatic heterocycles. The van der Waals surface area contributed by atoms with E-state index in [-0.39, 0.29) is 0 Å². The zero-order valence-electron chi connectivity index (χ0n) is 11.6. The van der Waals surface area contributed by atoms with E-state index in [9.17, 15) is 0 Å². The number of rotatable bonds is 4. The monoisotopic (exact) mass is 342 g/mol. The van der Waals surface area contributed by atoms with Gasteiger partial charge >= 0.3 is 0 Å². The van der Waals surface area contributed by atoms with E-state index in [1.807, 2.05) is 43.4 Å². The van der Waals surface area contributed by atoms with Crippen molar-refractivity contribution in [1.29, 1.82) is 0 Å². The minimum Gasteiger partial charge on any atom is -0.486 e. The highest BCUT2D eigenvalue weighted by Gasteiger charge is 2.06. The number of nitrogens with zero attached hydrogens (tertiary/aromatic N) is 1. The van der Waals surface area contributed by atoms with Gasteiger partial charge in [-0.15, -0.1) is 0 Å². The lowest BCUT2D eigenvalue weighted by atomic mass is 10.1. The van der Waals surface area contributed by atoms with Crippen molar-refractivity contribution < 1.29 is 4.74 Å². The van der Waals surface area contributed by atoms with Gasteiger partial charge in [0.25, 0.3) is 0 Å². The molecule has 0 aliphatic carbocycles. The fraction of sp³-hybridized carbons (Fsp3) is 0.118. The van der Waals surface area contributed by atoms with Crippen molar-refractivity contribution in [1.82, 2.24) is 4.98 Å². The summed E-state index contributed by atoms with van der Waals surface area (Å²) in [4.78, 5) is 4.45. The number of hydrogen-bond acceptors (Lipinski definition) is 3. The summed E-state index contributed by atoms with van der Waals surface area (Å²) in [5.74, 6) is 1.67. The van der Waals surface area contributed by atoms with E-state index >= 15 is 0 Å². The zero-order valence-corrected chi connectivity index (χ0v) is 13.2. The highest BCUT2D eigenvalue weighted by atomic mass is 79.9. The number of nitrogens with one attached hydrogen (secondary N) is 1. The lowest BCUT2D eigenvalue weighted by Crippen LogP contribution is -2.01. The van der Waals surface area contributed by atoms with Crippen LogP contribution in [0.5, 0.6) is 5.75 Å². The van der Waals surface area contributed by atoms with Crippen LogP contribution in [0.1, 0.15) is 5.69 Å². The summed E-state index contributed by atoms with van der Waals surface area (Å²) >= 11 is 3.63. The van der Waals surface area contributed by atoms with Gasteiger partial charge in [-0.25, -0.2) is 4.98 Å². The van der Waals surface area contributed by atoms with Crippen molar-refractivity contribution in [3.63, 3.8) is 0 Å². The largest absolute Gasteiger partial charge is 0.486 e. The number of fused-ring (bicyclic) bond motifs is 1. The van der Waals surface area contributed by atoms with Gasteiger partial charge in [0.2, 0.25) is 0 Å². The van der Waals surface area contributed by atoms with Gasteiger partial charge in [0.15, 0.2) is 0 Å². The summed E-state index contributed by atoms with van der Waals surface area (Å²) in [6.45, 7) is 0.437. The topological polar surface area (TPSA) is 34.1 Å². The first kappa shape index (κ1) is 13.9. The van der Waals surface area contributed by atoms with Crippen LogP contribution in [0.4, 0.5) is 5.82 Å². The molecule has 4 heteroatoms. The van der Waals surface area contributed by atoms with Crippen LogP contribution in [0, 0.1) is 0 Å². The molecule has 0 amide bonds. The van der Waals surface area contributed by atoms with Gasteiger partial charge in [0.1, 0.15) is 18.2 Å². The van der Waals surface area contributed by atoms with Gasteiger partial charge in [-0.1, -0.05) is 36.4 Å². The number of anilines is 1. The molecule has 106 valence electrons. The molecule has 0 unspecified atom stereocenters. The van der Waals surface area contributed by atoms with E-state index in [1.165, 1.54) is 5.39 Å². The Hall–Kier alpha value is -2.07. The Morgan fingerprint density at radius 1 is 1.05 bits per heavy atom. The number of aromatic nitrogens is 1. The lowest BCUT2D eigenvalue weighted by Gasteiger charge is -2.10. The molecule has 0 fully saturated rings. The minimum atomic E-state index is 0.437. The maximum atomic E-state index is 5.89. The van der Waals surface area contributed by atoms with Crippen molar-refractivity contribution in [2.24, 2.45) is 0 Å². The van der Waals surface area contributed by atoms with Crippen LogP contribution in [0.15, 0.2) is 59.1 Å². The van der Waals surface area contributed by atoms with Crippen LogP contribution in [0.25, 0.3) is 10.8 Å². The van der Waals surface area contributed by atoms with Crippen molar-refractivity contribution in [2.75, 3.05) is 12.4 Å². The third-order valence-corrected chi connectivity index (χ3v) is 4.08. The fourth-order valence-electron chi connectivity index (χ4n) is 2.18. The highest BCUT2D eigenvalue weighted by molar-refractivity contribution is 9.10. The number of halogens is 1. The Morgan fingerprint density at radius 3 is 2.76 bits per heavy atom. The van der Waals surface area contributed by atoms with E-state index in [0.717, 1.165) is 27.1 Å². The third-order valence-electron chi connectivity index (χ3n) is 3.27. The average molecular weight is 343 g/mol. The molecule has 0 radical (unpaired) electrons. The number of benzene rings is 2. The second-order valence-electron chi connectivity index (χ2n) is 4.65. The first-order valence-electron chi connectivity index (χ1n) is 6.71. The number of hydrogen-bond donors (Lipinski definition) is 1. The molecule has 0 saturated heterocycles. The molecule has 1 heterocycles. The second kappa shape index (κ2) is 6.14. The Bertz CT molecular complexity index is 774. The fourth-order valence-corrected chi connectivity index (χ4v) is 2.78. The highest BCUT2D eigenvalue weighted by Crippen LogP contribution is 2.33. The Balaban J connectivity index is 1.83. The molecule has 3 rings (SSSR count). The average Bonchev–Trinajstić information content (AvgIpc) is 2.55. The van der Waals surface area contributed by atoms with Crippen molar-refractivity contribution in [3.8, 4) is 5.75 Å². The molecule has 0 bridgehead atoms.